The lowest BCUT2D eigenvalue weighted by molar-refractivity contribution is 0.137. The number of nitrogens with one attached hydrogen (secondary N) is 1. The summed E-state index contributed by atoms with van der Waals surface area (Å²) in [4.78, 5) is 24.1. The van der Waals surface area contributed by atoms with E-state index in [2.05, 4.69) is 34.5 Å². The fourth-order valence-electron chi connectivity index (χ4n) is 3.33. The Morgan fingerprint density at radius 2 is 1.36 bits per heavy atom. The number of hydrogen-bond donors (Lipinski definition) is 2. The topological polar surface area (TPSA) is 80.3 Å². The molecule has 0 aromatic heterocycles. The molecule has 3 aromatic carbocycles. The lowest BCUT2D eigenvalue weighted by atomic mass is 10.1. The summed E-state index contributed by atoms with van der Waals surface area (Å²) in [5.74, 6) is 0. The fourth-order valence-corrected chi connectivity index (χ4v) is 4.53. The van der Waals surface area contributed by atoms with Crippen LogP contribution in [0.5, 0.6) is 0 Å². The summed E-state index contributed by atoms with van der Waals surface area (Å²) >= 11 is 0. The van der Waals surface area contributed by atoms with Crippen molar-refractivity contribution in [2.24, 2.45) is 0 Å². The quantitative estimate of drug-likeness (QED) is 0.306. The van der Waals surface area contributed by atoms with Crippen molar-refractivity contribution < 1.29 is 23.2 Å². The Hall–Kier alpha value is -3.17. The number of rotatable bonds is 11. The minimum Gasteiger partial charge on any atom is -0.445 e. The zero-order chi connectivity index (χ0) is 23.5. The molecule has 1 amide bonds. The summed E-state index contributed by atoms with van der Waals surface area (Å²) in [5.41, 5.74) is 4.01. The Balaban J connectivity index is 1.55. The molecule has 3 rings (SSSR count). The average Bonchev–Trinajstić information content (AvgIpc) is 2.87. The van der Waals surface area contributed by atoms with Crippen LogP contribution in [0.3, 0.4) is 0 Å². The van der Waals surface area contributed by atoms with E-state index < -0.39 is 14.9 Å². The van der Waals surface area contributed by atoms with Gasteiger partial charge in [0.15, 0.2) is 0 Å². The van der Waals surface area contributed by atoms with Gasteiger partial charge in [0.05, 0.1) is 0 Å². The van der Waals surface area contributed by atoms with Gasteiger partial charge >= 0.3 is 14.9 Å². The van der Waals surface area contributed by atoms with E-state index in [1.54, 1.807) is 0 Å². The second-order valence-corrected chi connectivity index (χ2v) is 10.1. The summed E-state index contributed by atoms with van der Waals surface area (Å²) in [6.45, 7) is 0.528. The number of carbonyl (C=O) groups excluding carboxylic acids is 1. The molecule has 0 aliphatic heterocycles. The fraction of sp³-hybridized carbons (Fsp3) is 0.240. The van der Waals surface area contributed by atoms with Crippen LogP contribution < -0.4 is 10.2 Å². The number of ether oxygens (including phenoxy) is 1. The van der Waals surface area contributed by atoms with Crippen molar-refractivity contribution >= 4 is 32.0 Å². The van der Waals surface area contributed by atoms with E-state index in [0.717, 1.165) is 22.6 Å². The summed E-state index contributed by atoms with van der Waals surface area (Å²) in [7, 11) is -0.264. The van der Waals surface area contributed by atoms with Crippen LogP contribution in [-0.2, 0) is 20.2 Å². The number of hydrogen-bond acceptors (Lipinski definition) is 6. The molecule has 8 heteroatoms. The standard InChI is InChI=1S/C25H30N2O5Si/c1-30-33(29,31-2)19-9-18-26-25(28)32-20-21-14-16-24(17-15-21)27(22-10-5-3-6-11-22)23-12-7-4-8-13-23/h3-8,10-17,29H,9,18-20H2,1-2H3,(H,26,28). The van der Waals surface area contributed by atoms with Crippen molar-refractivity contribution in [1.82, 2.24) is 5.32 Å². The Bertz CT molecular complexity index is 943. The minimum absolute atomic E-state index is 0.164. The van der Waals surface area contributed by atoms with Gasteiger partial charge in [-0.2, -0.15) is 0 Å². The molecule has 3 aromatic rings. The molecule has 2 N–H and O–H groups in total. The molecule has 0 saturated heterocycles. The van der Waals surface area contributed by atoms with E-state index in [0.29, 0.717) is 19.0 Å². The molecule has 33 heavy (non-hydrogen) atoms. The zero-order valence-corrected chi connectivity index (χ0v) is 19.9. The maximum absolute atomic E-state index is 12.0. The highest BCUT2D eigenvalue weighted by atomic mass is 28.4. The molecule has 0 radical (unpaired) electrons. The molecule has 0 heterocycles. The van der Waals surface area contributed by atoms with Crippen LogP contribution >= 0.6 is 0 Å². The third-order valence-electron chi connectivity index (χ3n) is 5.17. The molecular formula is C25H30N2O5Si. The van der Waals surface area contributed by atoms with Crippen molar-refractivity contribution in [3.63, 3.8) is 0 Å². The number of nitrogens with zero attached hydrogens (tertiary/aromatic N) is 1. The first kappa shape index (κ1) is 24.5. The van der Waals surface area contributed by atoms with Gasteiger partial charge in [-0.25, -0.2) is 4.79 Å². The van der Waals surface area contributed by atoms with Gasteiger partial charge in [-0.1, -0.05) is 48.5 Å². The van der Waals surface area contributed by atoms with Crippen LogP contribution in [0.1, 0.15) is 12.0 Å². The van der Waals surface area contributed by atoms with E-state index in [4.69, 9.17) is 13.6 Å². The summed E-state index contributed by atoms with van der Waals surface area (Å²) in [6, 6.07) is 28.6. The largest absolute Gasteiger partial charge is 0.497 e. The minimum atomic E-state index is -3.10. The molecule has 0 aliphatic rings. The van der Waals surface area contributed by atoms with Crippen LogP contribution in [-0.4, -0.2) is 40.5 Å². The molecule has 0 atom stereocenters. The van der Waals surface area contributed by atoms with Crippen molar-refractivity contribution in [2.75, 3.05) is 25.7 Å². The van der Waals surface area contributed by atoms with Crippen LogP contribution in [0.25, 0.3) is 0 Å². The van der Waals surface area contributed by atoms with Gasteiger partial charge in [0.2, 0.25) is 0 Å². The molecule has 0 aliphatic carbocycles. The summed E-state index contributed by atoms with van der Waals surface area (Å²) in [5, 5.41) is 2.68. The van der Waals surface area contributed by atoms with Crippen LogP contribution in [0.4, 0.5) is 21.9 Å². The second-order valence-electron chi connectivity index (χ2n) is 7.40. The average molecular weight is 467 g/mol. The number of para-hydroxylation sites is 2. The molecule has 174 valence electrons. The van der Waals surface area contributed by atoms with Gasteiger partial charge in [0.1, 0.15) is 6.61 Å². The highest BCUT2D eigenvalue weighted by molar-refractivity contribution is 6.59. The second kappa shape index (κ2) is 12.2. The molecule has 0 saturated carbocycles. The summed E-state index contributed by atoms with van der Waals surface area (Å²) < 4.78 is 15.3. The lowest BCUT2D eigenvalue weighted by Gasteiger charge is -2.25. The van der Waals surface area contributed by atoms with Crippen molar-refractivity contribution in [1.29, 1.82) is 0 Å². The van der Waals surface area contributed by atoms with Gasteiger partial charge in [0.25, 0.3) is 0 Å². The predicted molar refractivity (Wildman–Crippen MR) is 131 cm³/mol. The van der Waals surface area contributed by atoms with Crippen LogP contribution in [0, 0.1) is 0 Å². The van der Waals surface area contributed by atoms with Crippen molar-refractivity contribution in [2.45, 2.75) is 19.1 Å². The predicted octanol–water partition coefficient (Wildman–Crippen LogP) is 5.00. The van der Waals surface area contributed by atoms with E-state index in [9.17, 15) is 9.59 Å². The first-order valence-electron chi connectivity index (χ1n) is 10.8. The zero-order valence-electron chi connectivity index (χ0n) is 18.9. The van der Waals surface area contributed by atoms with Gasteiger partial charge in [-0.3, -0.25) is 0 Å². The number of alkyl carbamates (subject to hydrolysis) is 1. The van der Waals surface area contributed by atoms with E-state index in [1.807, 2.05) is 60.7 Å². The SMILES string of the molecule is CO[Si](O)(CCCNC(=O)OCc1ccc(N(c2ccccc2)c2ccccc2)cc1)OC. The van der Waals surface area contributed by atoms with Gasteiger partial charge in [-0.05, 0) is 48.4 Å². The molecule has 0 bridgehead atoms. The molecule has 0 unspecified atom stereocenters. The number of anilines is 3. The normalized spacial score (nSPS) is 11.1. The van der Waals surface area contributed by atoms with Crippen molar-refractivity contribution in [3.05, 3.63) is 90.5 Å². The number of carbonyl (C=O) groups is 1. The van der Waals surface area contributed by atoms with Crippen molar-refractivity contribution in [3.8, 4) is 0 Å². The first-order valence-corrected chi connectivity index (χ1v) is 12.7. The third-order valence-corrected chi connectivity index (χ3v) is 7.43. The summed E-state index contributed by atoms with van der Waals surface area (Å²) in [6.07, 6.45) is 0.0255. The molecular weight excluding hydrogens is 436 g/mol. The Kier molecular flexibility index (Phi) is 9.02. The maximum Gasteiger partial charge on any atom is 0.497 e. The van der Waals surface area contributed by atoms with Crippen LogP contribution in [0.2, 0.25) is 6.04 Å². The van der Waals surface area contributed by atoms with E-state index in [1.165, 1.54) is 14.2 Å². The lowest BCUT2D eigenvalue weighted by Crippen LogP contribution is -2.41. The van der Waals surface area contributed by atoms with Gasteiger partial charge < -0.3 is 28.6 Å². The number of amides is 1. The van der Waals surface area contributed by atoms with Gasteiger partial charge in [-0.15, -0.1) is 0 Å². The highest BCUT2D eigenvalue weighted by Gasteiger charge is 2.33. The molecule has 0 spiro atoms. The smallest absolute Gasteiger partial charge is 0.445 e. The third kappa shape index (κ3) is 7.16. The monoisotopic (exact) mass is 466 g/mol. The molecule has 7 nitrogen and oxygen atoms in total. The van der Waals surface area contributed by atoms with Crippen LogP contribution in [0.15, 0.2) is 84.9 Å². The Labute approximate surface area is 195 Å². The van der Waals surface area contributed by atoms with Gasteiger partial charge in [0, 0.05) is 43.9 Å². The highest BCUT2D eigenvalue weighted by Crippen LogP contribution is 2.34. The maximum atomic E-state index is 12.0. The van der Waals surface area contributed by atoms with E-state index >= 15 is 0 Å². The molecule has 0 fully saturated rings. The Morgan fingerprint density at radius 1 is 0.848 bits per heavy atom. The first-order chi connectivity index (χ1) is 16.0. The Morgan fingerprint density at radius 3 is 1.88 bits per heavy atom. The number of benzene rings is 3. The van der Waals surface area contributed by atoms with E-state index in [-0.39, 0.29) is 6.61 Å².